The molecule has 0 aliphatic carbocycles. The van der Waals surface area contributed by atoms with Crippen molar-refractivity contribution in [2.45, 2.75) is 25.8 Å². The number of anilines is 1. The van der Waals surface area contributed by atoms with Gasteiger partial charge in [0, 0.05) is 43.7 Å². The zero-order chi connectivity index (χ0) is 20.5. The Kier molecular flexibility index (Phi) is 7.43. The summed E-state index contributed by atoms with van der Waals surface area (Å²) in [5, 5.41) is 3.94. The number of carbonyl (C=O) groups is 1. The van der Waals surface area contributed by atoms with Crippen LogP contribution in [0.5, 0.6) is 0 Å². The van der Waals surface area contributed by atoms with Crippen LogP contribution in [0.25, 0.3) is 6.08 Å². The van der Waals surface area contributed by atoms with Crippen molar-refractivity contribution in [1.82, 2.24) is 10.0 Å². The highest BCUT2D eigenvalue weighted by Crippen LogP contribution is 2.20. The van der Waals surface area contributed by atoms with E-state index in [2.05, 4.69) is 27.1 Å². The molecule has 0 spiro atoms. The van der Waals surface area contributed by atoms with E-state index in [-0.39, 0.29) is 18.9 Å². The van der Waals surface area contributed by atoms with Crippen LogP contribution in [0.3, 0.4) is 0 Å². The molecule has 1 fully saturated rings. The van der Waals surface area contributed by atoms with Gasteiger partial charge in [0.2, 0.25) is 15.9 Å². The van der Waals surface area contributed by atoms with Gasteiger partial charge in [-0.1, -0.05) is 42.5 Å². The van der Waals surface area contributed by atoms with Crippen LogP contribution in [0.2, 0.25) is 0 Å². The fourth-order valence-corrected chi connectivity index (χ4v) is 4.00. The van der Waals surface area contributed by atoms with Crippen LogP contribution in [-0.2, 0) is 21.4 Å². The minimum atomic E-state index is -3.57. The van der Waals surface area contributed by atoms with Crippen molar-refractivity contribution in [3.05, 3.63) is 71.1 Å². The second-order valence-corrected chi connectivity index (χ2v) is 8.69. The Morgan fingerprint density at radius 1 is 1.00 bits per heavy atom. The monoisotopic (exact) mass is 413 g/mol. The number of nitrogens with zero attached hydrogens (tertiary/aromatic N) is 1. The standard InChI is InChI=1S/C22H27N3O3S/c26-22(12-14-24-29(27,28)17-13-19-6-2-1-3-7-19)23-18-20-8-10-21(11-9-20)25-15-4-5-16-25/h1-3,6-11,13,17,24H,4-5,12,14-16,18H2,(H,23,26)/b17-13+. The Labute approximate surface area is 172 Å². The summed E-state index contributed by atoms with van der Waals surface area (Å²) >= 11 is 0. The second-order valence-electron chi connectivity index (χ2n) is 7.04. The van der Waals surface area contributed by atoms with Crippen LogP contribution in [0.1, 0.15) is 30.4 Å². The molecule has 0 atom stereocenters. The highest BCUT2D eigenvalue weighted by atomic mass is 32.2. The molecule has 29 heavy (non-hydrogen) atoms. The van der Waals surface area contributed by atoms with E-state index in [1.807, 2.05) is 42.5 Å². The summed E-state index contributed by atoms with van der Waals surface area (Å²) in [4.78, 5) is 14.3. The maximum absolute atomic E-state index is 12.0. The van der Waals surface area contributed by atoms with E-state index in [1.165, 1.54) is 24.6 Å². The van der Waals surface area contributed by atoms with Gasteiger partial charge in [0.25, 0.3) is 0 Å². The first-order valence-corrected chi connectivity index (χ1v) is 11.4. The average molecular weight is 414 g/mol. The molecule has 0 radical (unpaired) electrons. The maximum Gasteiger partial charge on any atom is 0.233 e. The van der Waals surface area contributed by atoms with Gasteiger partial charge in [-0.25, -0.2) is 13.1 Å². The van der Waals surface area contributed by atoms with Crippen LogP contribution >= 0.6 is 0 Å². The SMILES string of the molecule is O=C(CCNS(=O)(=O)/C=C/c1ccccc1)NCc1ccc(N2CCCC2)cc1. The lowest BCUT2D eigenvalue weighted by molar-refractivity contribution is -0.121. The first-order chi connectivity index (χ1) is 14.0. The highest BCUT2D eigenvalue weighted by molar-refractivity contribution is 7.92. The summed E-state index contributed by atoms with van der Waals surface area (Å²) in [6, 6.07) is 17.4. The van der Waals surface area contributed by atoms with Gasteiger partial charge < -0.3 is 10.2 Å². The van der Waals surface area contributed by atoms with Crippen molar-refractivity contribution >= 4 is 27.7 Å². The molecule has 1 amide bonds. The summed E-state index contributed by atoms with van der Waals surface area (Å²) in [6.07, 6.45) is 4.09. The predicted molar refractivity (Wildman–Crippen MR) is 117 cm³/mol. The van der Waals surface area contributed by atoms with E-state index in [0.29, 0.717) is 6.54 Å². The molecule has 2 N–H and O–H groups in total. The number of nitrogens with one attached hydrogen (secondary N) is 2. The van der Waals surface area contributed by atoms with Gasteiger partial charge >= 0.3 is 0 Å². The summed E-state index contributed by atoms with van der Waals surface area (Å²) in [5.41, 5.74) is 3.04. The molecule has 0 unspecified atom stereocenters. The number of rotatable bonds is 9. The minimum Gasteiger partial charge on any atom is -0.372 e. The third-order valence-corrected chi connectivity index (χ3v) is 5.89. The molecule has 6 nitrogen and oxygen atoms in total. The second kappa shape index (κ2) is 10.2. The molecule has 3 rings (SSSR count). The van der Waals surface area contributed by atoms with E-state index in [1.54, 1.807) is 0 Å². The first-order valence-electron chi connectivity index (χ1n) is 9.85. The van der Waals surface area contributed by atoms with Crippen LogP contribution in [0, 0.1) is 0 Å². The highest BCUT2D eigenvalue weighted by Gasteiger charge is 2.12. The van der Waals surface area contributed by atoms with Crippen molar-refractivity contribution in [1.29, 1.82) is 0 Å². The molecule has 0 aromatic heterocycles. The van der Waals surface area contributed by atoms with Crippen LogP contribution in [0.4, 0.5) is 5.69 Å². The third-order valence-electron chi connectivity index (χ3n) is 4.79. The first kappa shape index (κ1) is 21.1. The lowest BCUT2D eigenvalue weighted by Gasteiger charge is -2.17. The number of amides is 1. The van der Waals surface area contributed by atoms with E-state index in [9.17, 15) is 13.2 Å². The fourth-order valence-electron chi connectivity index (χ4n) is 3.18. The van der Waals surface area contributed by atoms with Gasteiger partial charge in [0.05, 0.1) is 0 Å². The van der Waals surface area contributed by atoms with Gasteiger partial charge in [0.1, 0.15) is 0 Å². The summed E-state index contributed by atoms with van der Waals surface area (Å²) in [5.74, 6) is -0.191. The normalized spacial score (nSPS) is 14.4. The lowest BCUT2D eigenvalue weighted by atomic mass is 10.2. The van der Waals surface area contributed by atoms with Gasteiger partial charge in [0.15, 0.2) is 0 Å². The molecule has 2 aromatic rings. The quantitative estimate of drug-likeness (QED) is 0.663. The smallest absolute Gasteiger partial charge is 0.233 e. The average Bonchev–Trinajstić information content (AvgIpc) is 3.27. The third kappa shape index (κ3) is 7.03. The van der Waals surface area contributed by atoms with Gasteiger partial charge in [-0.2, -0.15) is 0 Å². The van der Waals surface area contributed by atoms with Gasteiger partial charge in [-0.15, -0.1) is 0 Å². The van der Waals surface area contributed by atoms with Crippen molar-refractivity contribution < 1.29 is 13.2 Å². The predicted octanol–water partition coefficient (Wildman–Crippen LogP) is 2.88. The van der Waals surface area contributed by atoms with Crippen LogP contribution < -0.4 is 14.9 Å². The van der Waals surface area contributed by atoms with Crippen molar-refractivity contribution in [2.24, 2.45) is 0 Å². The molecule has 1 heterocycles. The minimum absolute atomic E-state index is 0.0567. The van der Waals surface area contributed by atoms with Crippen LogP contribution in [-0.4, -0.2) is 34.0 Å². The zero-order valence-electron chi connectivity index (χ0n) is 16.4. The molecule has 154 valence electrons. The summed E-state index contributed by atoms with van der Waals surface area (Å²) in [6.45, 7) is 2.69. The van der Waals surface area contributed by atoms with Crippen molar-refractivity contribution in [3.63, 3.8) is 0 Å². The Balaban J connectivity index is 1.38. The molecular weight excluding hydrogens is 386 g/mol. The van der Waals surface area contributed by atoms with Crippen LogP contribution in [0.15, 0.2) is 60.0 Å². The summed E-state index contributed by atoms with van der Waals surface area (Å²) in [7, 11) is -3.57. The topological polar surface area (TPSA) is 78.5 Å². The largest absolute Gasteiger partial charge is 0.372 e. The van der Waals surface area contributed by atoms with E-state index >= 15 is 0 Å². The molecule has 1 aliphatic rings. The van der Waals surface area contributed by atoms with Crippen molar-refractivity contribution in [3.8, 4) is 0 Å². The lowest BCUT2D eigenvalue weighted by Crippen LogP contribution is -2.29. The summed E-state index contributed by atoms with van der Waals surface area (Å²) < 4.78 is 26.4. The zero-order valence-corrected chi connectivity index (χ0v) is 17.2. The Bertz CT molecular complexity index is 920. The molecular formula is C22H27N3O3S. The van der Waals surface area contributed by atoms with E-state index < -0.39 is 10.0 Å². The molecule has 1 aliphatic heterocycles. The Hall–Kier alpha value is -2.64. The number of sulfonamides is 1. The van der Waals surface area contributed by atoms with Crippen molar-refractivity contribution in [2.75, 3.05) is 24.5 Å². The number of hydrogen-bond acceptors (Lipinski definition) is 4. The number of hydrogen-bond donors (Lipinski definition) is 2. The molecule has 0 bridgehead atoms. The van der Waals surface area contributed by atoms with E-state index in [0.717, 1.165) is 29.6 Å². The molecule has 2 aromatic carbocycles. The molecule has 1 saturated heterocycles. The number of carbonyl (C=O) groups excluding carboxylic acids is 1. The Morgan fingerprint density at radius 3 is 2.38 bits per heavy atom. The molecule has 0 saturated carbocycles. The maximum atomic E-state index is 12.0. The van der Waals surface area contributed by atoms with Gasteiger partial charge in [-0.3, -0.25) is 4.79 Å². The Morgan fingerprint density at radius 2 is 1.69 bits per heavy atom. The number of benzene rings is 2. The van der Waals surface area contributed by atoms with Gasteiger partial charge in [-0.05, 0) is 42.2 Å². The molecule has 7 heteroatoms. The fraction of sp³-hybridized carbons (Fsp3) is 0.318. The van der Waals surface area contributed by atoms with E-state index in [4.69, 9.17) is 0 Å².